The molecule has 0 unspecified atom stereocenters. The van der Waals surface area contributed by atoms with Crippen LogP contribution in [-0.2, 0) is 32.6 Å². The Bertz CT molecular complexity index is 1480. The summed E-state index contributed by atoms with van der Waals surface area (Å²) >= 11 is 0. The minimum absolute atomic E-state index is 0.127. The minimum atomic E-state index is -3.89. The lowest BCUT2D eigenvalue weighted by Crippen LogP contribution is -2.54. The number of amides is 2. The molecule has 0 aliphatic carbocycles. The van der Waals surface area contributed by atoms with Gasteiger partial charge in [-0.1, -0.05) is 60.2 Å². The van der Waals surface area contributed by atoms with Gasteiger partial charge in [0.25, 0.3) is 0 Å². The van der Waals surface area contributed by atoms with Crippen LogP contribution in [0.25, 0.3) is 0 Å². The highest BCUT2D eigenvalue weighted by Crippen LogP contribution is 2.34. The van der Waals surface area contributed by atoms with E-state index < -0.39 is 28.5 Å². The first-order valence-electron chi connectivity index (χ1n) is 13.6. The van der Waals surface area contributed by atoms with E-state index in [1.807, 2.05) is 75.4 Å². The van der Waals surface area contributed by atoms with E-state index in [9.17, 15) is 18.0 Å². The molecule has 0 spiro atoms. The molecule has 2 amide bonds. The number of anilines is 1. The lowest BCUT2D eigenvalue weighted by molar-refractivity contribution is -0.140. The third-order valence-corrected chi connectivity index (χ3v) is 7.77. The average Bonchev–Trinajstić information content (AvgIpc) is 2.93. The topological polar surface area (TPSA) is 105 Å². The standard InChI is InChI=1S/C31H37N3O6S/c1-22(2)32-31(36)27(18-24-10-6-5-7-11-24)33(20-25-12-8-9-23(3)17-25)30(35)21-34(41(4,37)38)26-13-14-28-29(19-26)40-16-15-39-28/h5-14,17,19,22,27H,15-16,18,20-21H2,1-4H3,(H,32,36)/t27-/m1/s1. The summed E-state index contributed by atoms with van der Waals surface area (Å²) in [6.07, 6.45) is 1.31. The summed E-state index contributed by atoms with van der Waals surface area (Å²) in [5.74, 6) is 0.0978. The van der Waals surface area contributed by atoms with E-state index in [1.165, 1.54) is 4.90 Å². The van der Waals surface area contributed by atoms with E-state index in [4.69, 9.17) is 9.47 Å². The minimum Gasteiger partial charge on any atom is -0.486 e. The SMILES string of the molecule is Cc1cccc(CN(C(=O)CN(c2ccc3c(c2)OCCO3)S(C)(=O)=O)[C@H](Cc2ccccc2)C(=O)NC(C)C)c1. The molecular weight excluding hydrogens is 542 g/mol. The molecule has 9 nitrogen and oxygen atoms in total. The van der Waals surface area contributed by atoms with E-state index >= 15 is 0 Å². The maximum atomic E-state index is 14.2. The summed E-state index contributed by atoms with van der Waals surface area (Å²) in [6.45, 7) is 6.04. The lowest BCUT2D eigenvalue weighted by Gasteiger charge is -2.34. The molecule has 0 aromatic heterocycles. The summed E-state index contributed by atoms with van der Waals surface area (Å²) in [7, 11) is -3.89. The van der Waals surface area contributed by atoms with Crippen molar-refractivity contribution in [3.8, 4) is 11.5 Å². The molecule has 4 rings (SSSR count). The smallest absolute Gasteiger partial charge is 0.244 e. The van der Waals surface area contributed by atoms with E-state index in [0.29, 0.717) is 24.7 Å². The number of nitrogens with one attached hydrogen (secondary N) is 1. The van der Waals surface area contributed by atoms with Crippen molar-refractivity contribution in [2.24, 2.45) is 0 Å². The molecule has 1 aliphatic rings. The number of nitrogens with zero attached hydrogens (tertiary/aromatic N) is 2. The average molecular weight is 580 g/mol. The van der Waals surface area contributed by atoms with Crippen LogP contribution in [-0.4, -0.2) is 63.2 Å². The second-order valence-corrected chi connectivity index (χ2v) is 12.4. The maximum Gasteiger partial charge on any atom is 0.244 e. The number of sulfonamides is 1. The fourth-order valence-corrected chi connectivity index (χ4v) is 5.58. The summed E-state index contributed by atoms with van der Waals surface area (Å²) in [5, 5.41) is 2.95. The van der Waals surface area contributed by atoms with Gasteiger partial charge >= 0.3 is 0 Å². The summed E-state index contributed by atoms with van der Waals surface area (Å²) < 4.78 is 38.3. The van der Waals surface area contributed by atoms with Gasteiger partial charge in [0.1, 0.15) is 25.8 Å². The largest absolute Gasteiger partial charge is 0.486 e. The molecule has 3 aromatic carbocycles. The van der Waals surface area contributed by atoms with E-state index in [-0.39, 0.29) is 30.6 Å². The summed E-state index contributed by atoms with van der Waals surface area (Å²) in [5.41, 5.74) is 2.99. The third kappa shape index (κ3) is 8.00. The summed E-state index contributed by atoms with van der Waals surface area (Å²) in [4.78, 5) is 29.2. The lowest BCUT2D eigenvalue weighted by atomic mass is 10.0. The monoisotopic (exact) mass is 579 g/mol. The van der Waals surface area contributed by atoms with Crippen molar-refractivity contribution in [3.05, 3.63) is 89.5 Å². The normalized spacial score (nSPS) is 13.4. The van der Waals surface area contributed by atoms with Gasteiger partial charge in [0.2, 0.25) is 21.8 Å². The molecule has 1 aliphatic heterocycles. The Morgan fingerprint density at radius 1 is 0.902 bits per heavy atom. The number of hydrogen-bond donors (Lipinski definition) is 1. The number of fused-ring (bicyclic) bond motifs is 1. The van der Waals surface area contributed by atoms with Crippen molar-refractivity contribution in [2.45, 2.75) is 45.8 Å². The Labute approximate surface area is 242 Å². The Morgan fingerprint density at radius 3 is 2.24 bits per heavy atom. The first-order chi connectivity index (χ1) is 19.5. The van der Waals surface area contributed by atoms with Gasteiger partial charge < -0.3 is 19.7 Å². The van der Waals surface area contributed by atoms with Crippen LogP contribution in [0.1, 0.15) is 30.5 Å². The van der Waals surface area contributed by atoms with Gasteiger partial charge in [-0.2, -0.15) is 0 Å². The molecule has 1 N–H and O–H groups in total. The molecule has 3 aromatic rings. The highest BCUT2D eigenvalue weighted by Gasteiger charge is 2.33. The first kappa shape index (κ1) is 29.9. The van der Waals surface area contributed by atoms with Crippen LogP contribution in [0.3, 0.4) is 0 Å². The van der Waals surface area contributed by atoms with Crippen molar-refractivity contribution < 1.29 is 27.5 Å². The molecule has 0 saturated heterocycles. The molecular formula is C31H37N3O6S. The van der Waals surface area contributed by atoms with Crippen molar-refractivity contribution in [3.63, 3.8) is 0 Å². The van der Waals surface area contributed by atoms with E-state index in [0.717, 1.165) is 27.3 Å². The van der Waals surface area contributed by atoms with Gasteiger partial charge in [-0.05, 0) is 44.0 Å². The zero-order valence-corrected chi connectivity index (χ0v) is 24.7. The zero-order valence-electron chi connectivity index (χ0n) is 23.9. The molecule has 41 heavy (non-hydrogen) atoms. The third-order valence-electron chi connectivity index (χ3n) is 6.63. The number of carbonyl (C=O) groups excluding carboxylic acids is 2. The number of benzene rings is 3. The van der Waals surface area contributed by atoms with Crippen LogP contribution in [0.15, 0.2) is 72.8 Å². The van der Waals surface area contributed by atoms with Crippen LogP contribution < -0.4 is 19.1 Å². The van der Waals surface area contributed by atoms with Crippen molar-refractivity contribution >= 4 is 27.5 Å². The number of carbonyl (C=O) groups is 2. The maximum absolute atomic E-state index is 14.2. The molecule has 1 heterocycles. The van der Waals surface area contributed by atoms with Gasteiger partial charge in [-0.15, -0.1) is 0 Å². The second-order valence-electron chi connectivity index (χ2n) is 10.5. The molecule has 10 heteroatoms. The fourth-order valence-electron chi connectivity index (χ4n) is 4.74. The van der Waals surface area contributed by atoms with Crippen molar-refractivity contribution in [1.82, 2.24) is 10.2 Å². The molecule has 218 valence electrons. The predicted octanol–water partition coefficient (Wildman–Crippen LogP) is 3.70. The van der Waals surface area contributed by atoms with Gasteiger partial charge in [-0.25, -0.2) is 8.42 Å². The Morgan fingerprint density at radius 2 is 1.59 bits per heavy atom. The van der Waals surface area contributed by atoms with Gasteiger partial charge in [0.15, 0.2) is 11.5 Å². The Kier molecular flexibility index (Phi) is 9.54. The van der Waals surface area contributed by atoms with Gasteiger partial charge in [0, 0.05) is 25.1 Å². The van der Waals surface area contributed by atoms with Crippen molar-refractivity contribution in [1.29, 1.82) is 0 Å². The van der Waals surface area contributed by atoms with Crippen molar-refractivity contribution in [2.75, 3.05) is 30.3 Å². The Balaban J connectivity index is 1.73. The van der Waals surface area contributed by atoms with Crippen LogP contribution in [0.2, 0.25) is 0 Å². The van der Waals surface area contributed by atoms with Crippen LogP contribution in [0, 0.1) is 6.92 Å². The molecule has 0 fully saturated rings. The van der Waals surface area contributed by atoms with Gasteiger partial charge in [-0.3, -0.25) is 13.9 Å². The summed E-state index contributed by atoms with van der Waals surface area (Å²) in [6, 6.07) is 20.9. The predicted molar refractivity (Wildman–Crippen MR) is 159 cm³/mol. The van der Waals surface area contributed by atoms with E-state index in [1.54, 1.807) is 18.2 Å². The first-order valence-corrected chi connectivity index (χ1v) is 15.4. The Hall–Kier alpha value is -4.05. The van der Waals surface area contributed by atoms with Gasteiger partial charge in [0.05, 0.1) is 11.9 Å². The number of ether oxygens (including phenoxy) is 2. The van der Waals surface area contributed by atoms with Crippen LogP contribution in [0.4, 0.5) is 5.69 Å². The second kappa shape index (κ2) is 13.1. The molecule has 0 bridgehead atoms. The molecule has 1 atom stereocenters. The quantitative estimate of drug-likeness (QED) is 0.372. The number of rotatable bonds is 11. The van der Waals surface area contributed by atoms with Crippen LogP contribution >= 0.6 is 0 Å². The highest BCUT2D eigenvalue weighted by molar-refractivity contribution is 7.92. The molecule has 0 radical (unpaired) electrons. The number of aryl methyl sites for hydroxylation is 1. The van der Waals surface area contributed by atoms with E-state index in [2.05, 4.69) is 5.32 Å². The fraction of sp³-hybridized carbons (Fsp3) is 0.355. The number of hydrogen-bond acceptors (Lipinski definition) is 6. The highest BCUT2D eigenvalue weighted by atomic mass is 32.2. The molecule has 0 saturated carbocycles. The zero-order chi connectivity index (χ0) is 29.6. The van der Waals surface area contributed by atoms with Crippen LogP contribution in [0.5, 0.6) is 11.5 Å².